The van der Waals surface area contributed by atoms with Gasteiger partial charge in [0.05, 0.1) is 26.4 Å². The standard InChI is InChI=1S/C16H23NO3/c1-18-14-6-4-5-13(11-14)12-17-8-3-2-7-15(17)16-19-9-10-20-16/h4-6,11,15-16H,2-3,7-10,12H2,1H3/t15-/m1/s1. The summed E-state index contributed by atoms with van der Waals surface area (Å²) in [6.07, 6.45) is 3.64. The molecule has 0 N–H and O–H groups in total. The molecule has 1 aromatic carbocycles. The predicted molar refractivity (Wildman–Crippen MR) is 76.7 cm³/mol. The minimum atomic E-state index is -0.0408. The number of hydrogen-bond donors (Lipinski definition) is 0. The zero-order chi connectivity index (χ0) is 13.8. The van der Waals surface area contributed by atoms with E-state index in [1.165, 1.54) is 18.4 Å². The van der Waals surface area contributed by atoms with Crippen LogP contribution < -0.4 is 4.74 Å². The molecule has 2 fully saturated rings. The van der Waals surface area contributed by atoms with Crippen molar-refractivity contribution in [3.8, 4) is 5.75 Å². The van der Waals surface area contributed by atoms with Crippen molar-refractivity contribution in [2.75, 3.05) is 26.9 Å². The molecule has 20 heavy (non-hydrogen) atoms. The molecule has 0 aromatic heterocycles. The number of piperidine rings is 1. The van der Waals surface area contributed by atoms with Crippen molar-refractivity contribution in [1.82, 2.24) is 4.90 Å². The van der Waals surface area contributed by atoms with Crippen molar-refractivity contribution in [1.29, 1.82) is 0 Å². The average molecular weight is 277 g/mol. The molecule has 2 saturated heterocycles. The van der Waals surface area contributed by atoms with Crippen LogP contribution in [0.2, 0.25) is 0 Å². The molecule has 2 aliphatic rings. The van der Waals surface area contributed by atoms with Crippen molar-refractivity contribution < 1.29 is 14.2 Å². The first-order valence-corrected chi connectivity index (χ1v) is 7.47. The van der Waals surface area contributed by atoms with Crippen molar-refractivity contribution in [3.05, 3.63) is 29.8 Å². The van der Waals surface area contributed by atoms with E-state index in [1.54, 1.807) is 7.11 Å². The Labute approximate surface area is 120 Å². The van der Waals surface area contributed by atoms with Gasteiger partial charge in [0.25, 0.3) is 0 Å². The van der Waals surface area contributed by atoms with Gasteiger partial charge in [-0.1, -0.05) is 18.6 Å². The van der Waals surface area contributed by atoms with E-state index in [1.807, 2.05) is 6.07 Å². The Kier molecular flexibility index (Phi) is 4.55. The molecule has 4 nitrogen and oxygen atoms in total. The lowest BCUT2D eigenvalue weighted by Crippen LogP contribution is -2.46. The smallest absolute Gasteiger partial charge is 0.173 e. The van der Waals surface area contributed by atoms with E-state index in [0.29, 0.717) is 6.04 Å². The van der Waals surface area contributed by atoms with E-state index < -0.39 is 0 Å². The van der Waals surface area contributed by atoms with Gasteiger partial charge in [-0.2, -0.15) is 0 Å². The topological polar surface area (TPSA) is 30.9 Å². The molecule has 4 heteroatoms. The van der Waals surface area contributed by atoms with Crippen LogP contribution in [0.3, 0.4) is 0 Å². The van der Waals surface area contributed by atoms with E-state index >= 15 is 0 Å². The first-order valence-electron chi connectivity index (χ1n) is 7.47. The number of hydrogen-bond acceptors (Lipinski definition) is 4. The quantitative estimate of drug-likeness (QED) is 0.846. The molecular formula is C16H23NO3. The fourth-order valence-corrected chi connectivity index (χ4v) is 3.13. The van der Waals surface area contributed by atoms with Crippen molar-refractivity contribution in [2.24, 2.45) is 0 Å². The summed E-state index contributed by atoms with van der Waals surface area (Å²) in [5, 5.41) is 0. The molecule has 0 amide bonds. The normalized spacial score (nSPS) is 24.9. The van der Waals surface area contributed by atoms with E-state index in [2.05, 4.69) is 23.1 Å². The highest BCUT2D eigenvalue weighted by Gasteiger charge is 2.33. The fourth-order valence-electron chi connectivity index (χ4n) is 3.13. The highest BCUT2D eigenvalue weighted by Crippen LogP contribution is 2.26. The van der Waals surface area contributed by atoms with Crippen LogP contribution in [0.4, 0.5) is 0 Å². The highest BCUT2D eigenvalue weighted by molar-refractivity contribution is 5.28. The molecule has 2 heterocycles. The number of rotatable bonds is 4. The average Bonchev–Trinajstić information content (AvgIpc) is 3.02. The summed E-state index contributed by atoms with van der Waals surface area (Å²) in [6, 6.07) is 8.69. The van der Waals surface area contributed by atoms with Gasteiger partial charge < -0.3 is 14.2 Å². The third-order valence-corrected chi connectivity index (χ3v) is 4.15. The van der Waals surface area contributed by atoms with Crippen LogP contribution in [-0.4, -0.2) is 44.1 Å². The van der Waals surface area contributed by atoms with Gasteiger partial charge in [0.15, 0.2) is 6.29 Å². The Balaban J connectivity index is 1.69. The van der Waals surface area contributed by atoms with Gasteiger partial charge in [0.1, 0.15) is 5.75 Å². The molecule has 0 aliphatic carbocycles. The molecule has 2 aliphatic heterocycles. The molecule has 0 unspecified atom stereocenters. The Morgan fingerprint density at radius 2 is 2.10 bits per heavy atom. The van der Waals surface area contributed by atoms with Gasteiger partial charge in [-0.25, -0.2) is 0 Å². The van der Waals surface area contributed by atoms with Crippen LogP contribution >= 0.6 is 0 Å². The summed E-state index contributed by atoms with van der Waals surface area (Å²) in [6.45, 7) is 3.51. The second kappa shape index (κ2) is 6.57. The van der Waals surface area contributed by atoms with E-state index in [9.17, 15) is 0 Å². The molecular weight excluding hydrogens is 254 g/mol. The molecule has 1 aromatic rings. The van der Waals surface area contributed by atoms with Gasteiger partial charge in [0, 0.05) is 6.54 Å². The predicted octanol–water partition coefficient (Wildman–Crippen LogP) is 2.42. The lowest BCUT2D eigenvalue weighted by Gasteiger charge is -2.38. The maximum atomic E-state index is 5.72. The third-order valence-electron chi connectivity index (χ3n) is 4.15. The van der Waals surface area contributed by atoms with Gasteiger partial charge in [-0.3, -0.25) is 4.90 Å². The zero-order valence-corrected chi connectivity index (χ0v) is 12.1. The number of ether oxygens (including phenoxy) is 3. The van der Waals surface area contributed by atoms with Crippen LogP contribution in [0.5, 0.6) is 5.75 Å². The van der Waals surface area contributed by atoms with Crippen LogP contribution in [0.15, 0.2) is 24.3 Å². The molecule has 0 radical (unpaired) electrons. The minimum Gasteiger partial charge on any atom is -0.497 e. The minimum absolute atomic E-state index is 0.0408. The van der Waals surface area contributed by atoms with Gasteiger partial charge in [-0.05, 0) is 37.1 Å². The Bertz CT molecular complexity index is 431. The number of methoxy groups -OCH3 is 1. The Morgan fingerprint density at radius 1 is 1.25 bits per heavy atom. The lowest BCUT2D eigenvalue weighted by atomic mass is 10.0. The van der Waals surface area contributed by atoms with Crippen molar-refractivity contribution in [3.63, 3.8) is 0 Å². The second-order valence-corrected chi connectivity index (χ2v) is 5.50. The van der Waals surface area contributed by atoms with Crippen molar-refractivity contribution in [2.45, 2.75) is 38.1 Å². The van der Waals surface area contributed by atoms with Gasteiger partial charge in [0.2, 0.25) is 0 Å². The SMILES string of the molecule is COc1cccc(CN2CCCC[C@@H]2C2OCCO2)c1. The summed E-state index contributed by atoms with van der Waals surface area (Å²) >= 11 is 0. The first kappa shape index (κ1) is 13.9. The Hall–Kier alpha value is -1.10. The Morgan fingerprint density at radius 3 is 2.90 bits per heavy atom. The summed E-state index contributed by atoms with van der Waals surface area (Å²) in [5.74, 6) is 0.921. The number of benzene rings is 1. The van der Waals surface area contributed by atoms with E-state index in [0.717, 1.165) is 38.5 Å². The lowest BCUT2D eigenvalue weighted by molar-refractivity contribution is -0.111. The van der Waals surface area contributed by atoms with Gasteiger partial charge >= 0.3 is 0 Å². The van der Waals surface area contributed by atoms with Crippen molar-refractivity contribution >= 4 is 0 Å². The molecule has 0 saturated carbocycles. The maximum absolute atomic E-state index is 5.72. The molecule has 1 atom stereocenters. The first-order chi connectivity index (χ1) is 9.86. The van der Waals surface area contributed by atoms with E-state index in [-0.39, 0.29) is 6.29 Å². The summed E-state index contributed by atoms with van der Waals surface area (Å²) in [4.78, 5) is 2.49. The van der Waals surface area contributed by atoms with Crippen LogP contribution in [0.25, 0.3) is 0 Å². The van der Waals surface area contributed by atoms with Gasteiger partial charge in [-0.15, -0.1) is 0 Å². The van der Waals surface area contributed by atoms with Crippen LogP contribution in [-0.2, 0) is 16.0 Å². The molecule has 3 rings (SSSR count). The van der Waals surface area contributed by atoms with E-state index in [4.69, 9.17) is 14.2 Å². The molecule has 0 spiro atoms. The largest absolute Gasteiger partial charge is 0.497 e. The molecule has 110 valence electrons. The summed E-state index contributed by atoms with van der Waals surface area (Å²) < 4.78 is 16.7. The number of likely N-dealkylation sites (tertiary alicyclic amines) is 1. The maximum Gasteiger partial charge on any atom is 0.173 e. The fraction of sp³-hybridized carbons (Fsp3) is 0.625. The molecule has 0 bridgehead atoms. The zero-order valence-electron chi connectivity index (χ0n) is 12.1. The highest BCUT2D eigenvalue weighted by atomic mass is 16.7. The monoisotopic (exact) mass is 277 g/mol. The number of nitrogens with zero attached hydrogens (tertiary/aromatic N) is 1. The van der Waals surface area contributed by atoms with Crippen LogP contribution in [0.1, 0.15) is 24.8 Å². The second-order valence-electron chi connectivity index (χ2n) is 5.50. The van der Waals surface area contributed by atoms with Crippen LogP contribution in [0, 0.1) is 0 Å². The third kappa shape index (κ3) is 3.14. The summed E-state index contributed by atoms with van der Waals surface area (Å²) in [5.41, 5.74) is 1.29. The summed E-state index contributed by atoms with van der Waals surface area (Å²) in [7, 11) is 1.71.